The highest BCUT2D eigenvalue weighted by atomic mass is 16.5. The van der Waals surface area contributed by atoms with Crippen molar-refractivity contribution in [2.45, 2.75) is 25.8 Å². The van der Waals surface area contributed by atoms with Crippen LogP contribution in [0.2, 0.25) is 0 Å². The average Bonchev–Trinajstić information content (AvgIpc) is 3.06. The Morgan fingerprint density at radius 3 is 3.04 bits per heavy atom. The SMILES string of the molecule is CCCc1nc(C(=O)NC2COc3c(OC)cccc3C2=O)co1. The molecule has 0 saturated carbocycles. The van der Waals surface area contributed by atoms with E-state index in [9.17, 15) is 9.59 Å². The number of ether oxygens (including phenoxy) is 2. The molecule has 3 rings (SSSR count). The number of fused-ring (bicyclic) bond motifs is 1. The van der Waals surface area contributed by atoms with E-state index in [4.69, 9.17) is 13.9 Å². The third-order valence-corrected chi connectivity index (χ3v) is 3.73. The number of hydrogen-bond acceptors (Lipinski definition) is 6. The highest BCUT2D eigenvalue weighted by Gasteiger charge is 2.32. The lowest BCUT2D eigenvalue weighted by Crippen LogP contribution is -2.47. The molecule has 0 bridgehead atoms. The number of carbonyl (C=O) groups is 2. The van der Waals surface area contributed by atoms with Crippen molar-refractivity contribution in [3.8, 4) is 11.5 Å². The van der Waals surface area contributed by atoms with E-state index in [2.05, 4.69) is 10.3 Å². The van der Waals surface area contributed by atoms with Crippen molar-refractivity contribution < 1.29 is 23.5 Å². The van der Waals surface area contributed by atoms with Gasteiger partial charge in [0.15, 0.2) is 28.9 Å². The number of amides is 1. The first kappa shape index (κ1) is 16.0. The molecular weight excluding hydrogens is 312 g/mol. The molecule has 0 fully saturated rings. The van der Waals surface area contributed by atoms with Crippen LogP contribution in [0.1, 0.15) is 40.1 Å². The summed E-state index contributed by atoms with van der Waals surface area (Å²) >= 11 is 0. The Morgan fingerprint density at radius 1 is 1.46 bits per heavy atom. The summed E-state index contributed by atoms with van der Waals surface area (Å²) in [4.78, 5) is 28.9. The van der Waals surface area contributed by atoms with Gasteiger partial charge in [0.25, 0.3) is 5.91 Å². The monoisotopic (exact) mass is 330 g/mol. The molecule has 1 aliphatic rings. The molecule has 7 heteroatoms. The molecule has 126 valence electrons. The normalized spacial score (nSPS) is 16.2. The fourth-order valence-electron chi connectivity index (χ4n) is 2.53. The number of para-hydroxylation sites is 1. The van der Waals surface area contributed by atoms with Crippen LogP contribution in [0.3, 0.4) is 0 Å². The van der Waals surface area contributed by atoms with Crippen LogP contribution < -0.4 is 14.8 Å². The lowest BCUT2D eigenvalue weighted by molar-refractivity contribution is 0.0790. The second-order valence-corrected chi connectivity index (χ2v) is 5.41. The van der Waals surface area contributed by atoms with Gasteiger partial charge in [0.2, 0.25) is 0 Å². The molecule has 2 heterocycles. The maximum atomic E-state index is 12.6. The maximum Gasteiger partial charge on any atom is 0.273 e. The number of Topliss-reactive ketones (excluding diaryl/α,β-unsaturated/α-hetero) is 1. The third-order valence-electron chi connectivity index (χ3n) is 3.73. The lowest BCUT2D eigenvalue weighted by Gasteiger charge is -2.25. The van der Waals surface area contributed by atoms with E-state index in [1.165, 1.54) is 13.4 Å². The van der Waals surface area contributed by atoms with Crippen LogP contribution in [-0.2, 0) is 6.42 Å². The van der Waals surface area contributed by atoms with Crippen molar-refractivity contribution in [3.63, 3.8) is 0 Å². The smallest absolute Gasteiger partial charge is 0.273 e. The molecule has 2 aromatic rings. The highest BCUT2D eigenvalue weighted by molar-refractivity contribution is 6.06. The van der Waals surface area contributed by atoms with Gasteiger partial charge in [-0.15, -0.1) is 0 Å². The zero-order chi connectivity index (χ0) is 17.1. The second-order valence-electron chi connectivity index (χ2n) is 5.41. The maximum absolute atomic E-state index is 12.6. The van der Waals surface area contributed by atoms with Crippen LogP contribution in [0.25, 0.3) is 0 Å². The van der Waals surface area contributed by atoms with Gasteiger partial charge in [0.1, 0.15) is 18.9 Å². The molecule has 1 N–H and O–H groups in total. The predicted octanol–water partition coefficient (Wildman–Crippen LogP) is 2.01. The minimum absolute atomic E-state index is 0.0393. The van der Waals surface area contributed by atoms with Crippen LogP contribution >= 0.6 is 0 Å². The topological polar surface area (TPSA) is 90.7 Å². The summed E-state index contributed by atoms with van der Waals surface area (Å²) in [5.74, 6) is 0.715. The van der Waals surface area contributed by atoms with Gasteiger partial charge in [-0.1, -0.05) is 13.0 Å². The molecule has 1 unspecified atom stereocenters. The Labute approximate surface area is 139 Å². The van der Waals surface area contributed by atoms with Crippen LogP contribution in [-0.4, -0.2) is 36.4 Å². The summed E-state index contributed by atoms with van der Waals surface area (Å²) in [7, 11) is 1.51. The number of benzene rings is 1. The van der Waals surface area contributed by atoms with Crippen molar-refractivity contribution in [1.29, 1.82) is 0 Å². The van der Waals surface area contributed by atoms with Crippen molar-refractivity contribution in [2.75, 3.05) is 13.7 Å². The largest absolute Gasteiger partial charge is 0.493 e. The van der Waals surface area contributed by atoms with Crippen molar-refractivity contribution in [3.05, 3.63) is 41.6 Å². The summed E-state index contributed by atoms with van der Waals surface area (Å²) in [6.45, 7) is 2.03. The first-order chi connectivity index (χ1) is 11.6. The van der Waals surface area contributed by atoms with Crippen molar-refractivity contribution in [1.82, 2.24) is 10.3 Å². The van der Waals surface area contributed by atoms with E-state index in [1.54, 1.807) is 18.2 Å². The summed E-state index contributed by atoms with van der Waals surface area (Å²) in [5.41, 5.74) is 0.542. The van der Waals surface area contributed by atoms with E-state index < -0.39 is 11.9 Å². The van der Waals surface area contributed by atoms with Crippen LogP contribution in [0.5, 0.6) is 11.5 Å². The zero-order valence-electron chi connectivity index (χ0n) is 13.5. The summed E-state index contributed by atoms with van der Waals surface area (Å²) in [5, 5.41) is 2.64. The standard InChI is InChI=1S/C17H18N2O5/c1-3-5-14-18-12(9-23-14)17(21)19-11-8-24-16-10(15(11)20)6-4-7-13(16)22-2/h4,6-7,9,11H,3,5,8H2,1-2H3,(H,19,21). The Morgan fingerprint density at radius 2 is 2.29 bits per heavy atom. The zero-order valence-corrected chi connectivity index (χ0v) is 13.5. The molecule has 0 spiro atoms. The molecule has 1 aliphatic heterocycles. The summed E-state index contributed by atoms with van der Waals surface area (Å²) in [6.07, 6.45) is 2.83. The molecule has 1 aromatic heterocycles. The van der Waals surface area contributed by atoms with E-state index in [0.29, 0.717) is 29.4 Å². The summed E-state index contributed by atoms with van der Waals surface area (Å²) < 4.78 is 16.0. The Kier molecular flexibility index (Phi) is 4.50. The number of ketones is 1. The predicted molar refractivity (Wildman–Crippen MR) is 84.6 cm³/mol. The van der Waals surface area contributed by atoms with Crippen LogP contribution in [0.4, 0.5) is 0 Å². The number of aromatic nitrogens is 1. The molecule has 1 atom stereocenters. The second kappa shape index (κ2) is 6.74. The van der Waals surface area contributed by atoms with Gasteiger partial charge >= 0.3 is 0 Å². The quantitative estimate of drug-likeness (QED) is 0.902. The van der Waals surface area contributed by atoms with Crippen molar-refractivity contribution in [2.24, 2.45) is 0 Å². The number of carbonyl (C=O) groups excluding carboxylic acids is 2. The van der Waals surface area contributed by atoms with Gasteiger partial charge in [-0.05, 0) is 18.6 Å². The van der Waals surface area contributed by atoms with E-state index >= 15 is 0 Å². The van der Waals surface area contributed by atoms with Gasteiger partial charge in [-0.2, -0.15) is 0 Å². The molecule has 0 aliphatic carbocycles. The van der Waals surface area contributed by atoms with E-state index in [0.717, 1.165) is 6.42 Å². The highest BCUT2D eigenvalue weighted by Crippen LogP contribution is 2.34. The first-order valence-electron chi connectivity index (χ1n) is 7.73. The minimum atomic E-state index is -0.775. The van der Waals surface area contributed by atoms with Gasteiger partial charge in [0, 0.05) is 6.42 Å². The molecule has 1 amide bonds. The first-order valence-corrected chi connectivity index (χ1v) is 7.73. The Bertz CT molecular complexity index is 768. The fourth-order valence-corrected chi connectivity index (χ4v) is 2.53. The number of nitrogens with zero attached hydrogens (tertiary/aromatic N) is 1. The van der Waals surface area contributed by atoms with E-state index in [1.807, 2.05) is 6.92 Å². The Hall–Kier alpha value is -2.83. The molecule has 0 saturated heterocycles. The number of methoxy groups -OCH3 is 1. The molecule has 24 heavy (non-hydrogen) atoms. The molecule has 7 nitrogen and oxygen atoms in total. The van der Waals surface area contributed by atoms with Crippen molar-refractivity contribution >= 4 is 11.7 Å². The molecular formula is C17H18N2O5. The van der Waals surface area contributed by atoms with E-state index in [-0.39, 0.29) is 18.1 Å². The number of hydrogen-bond donors (Lipinski definition) is 1. The third kappa shape index (κ3) is 2.97. The van der Waals surface area contributed by atoms with Gasteiger partial charge < -0.3 is 19.2 Å². The molecule has 1 aromatic carbocycles. The minimum Gasteiger partial charge on any atom is -0.493 e. The fraction of sp³-hybridized carbons (Fsp3) is 0.353. The number of rotatable bonds is 5. The summed E-state index contributed by atoms with van der Waals surface area (Å²) in [6, 6.07) is 4.30. The number of aryl methyl sites for hydroxylation is 1. The van der Waals surface area contributed by atoms with Gasteiger partial charge in [-0.3, -0.25) is 9.59 Å². The van der Waals surface area contributed by atoms with Gasteiger partial charge in [0.05, 0.1) is 12.7 Å². The van der Waals surface area contributed by atoms with Gasteiger partial charge in [-0.25, -0.2) is 4.98 Å². The lowest BCUT2D eigenvalue weighted by atomic mass is 10.0. The molecule has 0 radical (unpaired) electrons. The Balaban J connectivity index is 1.74. The number of nitrogens with one attached hydrogen (secondary N) is 1. The average molecular weight is 330 g/mol. The number of oxazole rings is 1. The van der Waals surface area contributed by atoms with Crippen LogP contribution in [0, 0.1) is 0 Å². The van der Waals surface area contributed by atoms with Crippen LogP contribution in [0.15, 0.2) is 28.9 Å².